The van der Waals surface area contributed by atoms with Gasteiger partial charge in [0, 0.05) is 38.3 Å². The molecular weight excluding hydrogens is 479 g/mol. The Morgan fingerprint density at radius 2 is 1.90 bits per heavy atom. The third-order valence-corrected chi connectivity index (χ3v) is 5.09. The molecule has 1 aliphatic heterocycles. The Morgan fingerprint density at radius 3 is 2.55 bits per heavy atom. The largest absolute Gasteiger partial charge is 0.379 e. The lowest BCUT2D eigenvalue weighted by molar-refractivity contribution is -0.00683. The third-order valence-electron chi connectivity index (χ3n) is 5.09. The molecule has 29 heavy (non-hydrogen) atoms. The van der Waals surface area contributed by atoms with Crippen LogP contribution in [0.15, 0.2) is 35.3 Å². The molecule has 0 radical (unpaired) electrons. The zero-order valence-corrected chi connectivity index (χ0v) is 20.8. The van der Waals surface area contributed by atoms with Gasteiger partial charge < -0.3 is 20.1 Å². The molecule has 1 heterocycles. The number of morpholine rings is 1. The molecule has 2 N–H and O–H groups in total. The minimum atomic E-state index is 0. The highest BCUT2D eigenvalue weighted by atomic mass is 127. The molecule has 2 rings (SSSR count). The smallest absolute Gasteiger partial charge is 0.191 e. The van der Waals surface area contributed by atoms with Gasteiger partial charge in [0.2, 0.25) is 0 Å². The molecule has 0 saturated carbocycles. The molecule has 0 spiro atoms. The fraction of sp³-hybridized carbons (Fsp3) is 0.682. The molecule has 0 amide bonds. The lowest BCUT2D eigenvalue weighted by Gasteiger charge is -2.39. The van der Waals surface area contributed by atoms with Crippen LogP contribution < -0.4 is 10.6 Å². The summed E-state index contributed by atoms with van der Waals surface area (Å²) in [4.78, 5) is 7.27. The molecule has 6 nitrogen and oxygen atoms in total. The van der Waals surface area contributed by atoms with Gasteiger partial charge in [0.1, 0.15) is 0 Å². The van der Waals surface area contributed by atoms with Gasteiger partial charge in [-0.15, -0.1) is 24.0 Å². The highest BCUT2D eigenvalue weighted by molar-refractivity contribution is 14.0. The van der Waals surface area contributed by atoms with E-state index in [1.165, 1.54) is 5.56 Å². The molecule has 1 atom stereocenters. The van der Waals surface area contributed by atoms with Gasteiger partial charge in [-0.1, -0.05) is 30.3 Å². The molecule has 7 heteroatoms. The van der Waals surface area contributed by atoms with Crippen molar-refractivity contribution in [2.24, 2.45) is 4.99 Å². The van der Waals surface area contributed by atoms with Gasteiger partial charge in [-0.3, -0.25) is 9.89 Å². The van der Waals surface area contributed by atoms with E-state index in [1.54, 1.807) is 0 Å². The van der Waals surface area contributed by atoms with Gasteiger partial charge in [-0.25, -0.2) is 0 Å². The predicted octanol–water partition coefficient (Wildman–Crippen LogP) is 3.44. The Bertz CT molecular complexity index is 577. The Labute approximate surface area is 193 Å². The van der Waals surface area contributed by atoms with Gasteiger partial charge in [0.25, 0.3) is 0 Å². The molecule has 0 aliphatic carbocycles. The van der Waals surface area contributed by atoms with E-state index < -0.39 is 0 Å². The quantitative estimate of drug-likeness (QED) is 0.215. The number of rotatable bonds is 10. The average molecular weight is 518 g/mol. The maximum Gasteiger partial charge on any atom is 0.191 e. The first kappa shape index (κ1) is 26.1. The average Bonchev–Trinajstić information content (AvgIpc) is 2.73. The number of halogens is 1. The Kier molecular flexibility index (Phi) is 12.8. The van der Waals surface area contributed by atoms with Crippen LogP contribution in [0.2, 0.25) is 0 Å². The summed E-state index contributed by atoms with van der Waals surface area (Å²) < 4.78 is 11.4. The number of ether oxygens (including phenoxy) is 2. The fourth-order valence-corrected chi connectivity index (χ4v) is 3.24. The second kappa shape index (κ2) is 14.2. The lowest BCUT2D eigenvalue weighted by atomic mass is 10.0. The van der Waals surface area contributed by atoms with E-state index in [9.17, 15) is 0 Å². The van der Waals surface area contributed by atoms with Crippen molar-refractivity contribution >= 4 is 29.9 Å². The van der Waals surface area contributed by atoms with Crippen LogP contribution in [0.1, 0.15) is 45.8 Å². The molecule has 1 fully saturated rings. The maximum absolute atomic E-state index is 5.94. The first-order chi connectivity index (χ1) is 13.5. The van der Waals surface area contributed by atoms with Crippen molar-refractivity contribution in [2.75, 3.05) is 52.5 Å². The molecule has 166 valence electrons. The second-order valence-corrected chi connectivity index (χ2v) is 7.81. The van der Waals surface area contributed by atoms with Crippen LogP contribution in [-0.4, -0.2) is 68.9 Å². The van der Waals surface area contributed by atoms with E-state index in [0.717, 1.165) is 64.9 Å². The van der Waals surface area contributed by atoms with Crippen molar-refractivity contribution in [1.82, 2.24) is 15.5 Å². The van der Waals surface area contributed by atoms with Crippen molar-refractivity contribution in [2.45, 2.75) is 45.8 Å². The Balaban J connectivity index is 0.00000420. The monoisotopic (exact) mass is 518 g/mol. The van der Waals surface area contributed by atoms with Gasteiger partial charge in [0.05, 0.1) is 25.9 Å². The summed E-state index contributed by atoms with van der Waals surface area (Å²) in [7, 11) is 0. The van der Waals surface area contributed by atoms with Crippen molar-refractivity contribution in [3.05, 3.63) is 35.9 Å². The normalized spacial score (nSPS) is 16.8. The van der Waals surface area contributed by atoms with Crippen molar-refractivity contribution in [1.29, 1.82) is 0 Å². The number of nitrogens with zero attached hydrogens (tertiary/aromatic N) is 2. The van der Waals surface area contributed by atoms with E-state index in [-0.39, 0.29) is 35.6 Å². The number of benzene rings is 1. The van der Waals surface area contributed by atoms with Crippen LogP contribution in [0.5, 0.6) is 0 Å². The summed E-state index contributed by atoms with van der Waals surface area (Å²) in [6, 6.07) is 10.3. The van der Waals surface area contributed by atoms with Crippen LogP contribution in [0.25, 0.3) is 0 Å². The zero-order valence-electron chi connectivity index (χ0n) is 18.4. The first-order valence-corrected chi connectivity index (χ1v) is 10.5. The van der Waals surface area contributed by atoms with Crippen LogP contribution >= 0.6 is 24.0 Å². The number of hydrogen-bond donors (Lipinski definition) is 2. The number of aliphatic imine (C=N–C) groups is 1. The lowest BCUT2D eigenvalue weighted by Crippen LogP contribution is -2.52. The number of guanidine groups is 1. The highest BCUT2D eigenvalue weighted by Crippen LogP contribution is 2.17. The summed E-state index contributed by atoms with van der Waals surface area (Å²) in [6.45, 7) is 15.4. The highest BCUT2D eigenvalue weighted by Gasteiger charge is 2.28. The van der Waals surface area contributed by atoms with Crippen LogP contribution in [0, 0.1) is 0 Å². The minimum Gasteiger partial charge on any atom is -0.379 e. The van der Waals surface area contributed by atoms with Gasteiger partial charge >= 0.3 is 0 Å². The fourth-order valence-electron chi connectivity index (χ4n) is 3.24. The van der Waals surface area contributed by atoms with Crippen molar-refractivity contribution in [3.8, 4) is 0 Å². The third kappa shape index (κ3) is 9.63. The molecule has 1 aromatic rings. The van der Waals surface area contributed by atoms with Gasteiger partial charge in [-0.2, -0.15) is 0 Å². The van der Waals surface area contributed by atoms with E-state index in [4.69, 9.17) is 14.5 Å². The van der Waals surface area contributed by atoms with E-state index in [0.29, 0.717) is 0 Å². The number of nitrogens with one attached hydrogen (secondary N) is 2. The summed E-state index contributed by atoms with van der Waals surface area (Å²) >= 11 is 0. The summed E-state index contributed by atoms with van der Waals surface area (Å²) in [5.74, 6) is 0.875. The zero-order chi connectivity index (χ0) is 20.2. The molecule has 1 saturated heterocycles. The van der Waals surface area contributed by atoms with Crippen LogP contribution in [-0.2, 0) is 9.47 Å². The Morgan fingerprint density at radius 1 is 1.21 bits per heavy atom. The summed E-state index contributed by atoms with van der Waals surface area (Å²) in [5, 5.41) is 6.76. The minimum absolute atomic E-state index is 0. The van der Waals surface area contributed by atoms with E-state index in [2.05, 4.69) is 55.4 Å². The molecule has 1 aliphatic rings. The van der Waals surface area contributed by atoms with Crippen molar-refractivity contribution in [3.63, 3.8) is 0 Å². The van der Waals surface area contributed by atoms with Gasteiger partial charge in [0.15, 0.2) is 5.96 Å². The predicted molar refractivity (Wildman–Crippen MR) is 131 cm³/mol. The molecule has 0 bridgehead atoms. The maximum atomic E-state index is 5.94. The Hall–Kier alpha value is -0.900. The van der Waals surface area contributed by atoms with Gasteiger partial charge in [-0.05, 0) is 39.7 Å². The van der Waals surface area contributed by atoms with Crippen LogP contribution in [0.4, 0.5) is 0 Å². The number of hydrogen-bond acceptors (Lipinski definition) is 4. The second-order valence-electron chi connectivity index (χ2n) is 7.81. The standard InChI is InChI=1S/C22H38N4O2.HI/c1-5-23-21(25-18-22(3,4)26-13-16-27-17-14-26)24-12-9-15-28-19(2)20-10-7-6-8-11-20;/h6-8,10-11,19H,5,9,12-18H2,1-4H3,(H2,23,24,25);1H. The van der Waals surface area contributed by atoms with E-state index >= 15 is 0 Å². The van der Waals surface area contributed by atoms with Crippen LogP contribution in [0.3, 0.4) is 0 Å². The topological polar surface area (TPSA) is 58.1 Å². The van der Waals surface area contributed by atoms with Crippen molar-refractivity contribution < 1.29 is 9.47 Å². The molecule has 0 aromatic heterocycles. The molecule has 1 unspecified atom stereocenters. The van der Waals surface area contributed by atoms with E-state index in [1.807, 2.05) is 18.2 Å². The SMILES string of the molecule is CCNC(=NCC(C)(C)N1CCOCC1)NCCCOC(C)c1ccccc1.I. The summed E-state index contributed by atoms with van der Waals surface area (Å²) in [5.41, 5.74) is 1.25. The first-order valence-electron chi connectivity index (χ1n) is 10.5. The molecule has 1 aromatic carbocycles. The summed E-state index contributed by atoms with van der Waals surface area (Å²) in [6.07, 6.45) is 1.06. The molecular formula is C22H39IN4O2.